The Labute approximate surface area is 149 Å². The first-order valence-corrected chi connectivity index (χ1v) is 9.89. The van der Waals surface area contributed by atoms with Crippen molar-refractivity contribution in [1.82, 2.24) is 0 Å². The van der Waals surface area contributed by atoms with Crippen molar-refractivity contribution in [3.8, 4) is 0 Å². The molecule has 0 spiro atoms. The van der Waals surface area contributed by atoms with Gasteiger partial charge in [-0.25, -0.2) is 0 Å². The highest BCUT2D eigenvalue weighted by atomic mass is 32.2. The molecule has 1 heterocycles. The number of anilines is 1. The summed E-state index contributed by atoms with van der Waals surface area (Å²) in [6.07, 6.45) is 4.00. The van der Waals surface area contributed by atoms with Gasteiger partial charge in [-0.05, 0) is 49.1 Å². The minimum atomic E-state index is -0.457. The number of carbonyl (C=O) groups is 2. The lowest BCUT2D eigenvalue weighted by Crippen LogP contribution is -2.19. The Balaban J connectivity index is 1.93. The number of hydrogen-bond donors (Lipinski definition) is 2. The van der Waals surface area contributed by atoms with E-state index in [1.165, 1.54) is 16.2 Å². The van der Waals surface area contributed by atoms with Crippen molar-refractivity contribution in [3.63, 3.8) is 0 Å². The van der Waals surface area contributed by atoms with Crippen LogP contribution < -0.4 is 11.1 Å². The van der Waals surface area contributed by atoms with E-state index in [1.54, 1.807) is 11.8 Å². The molecule has 0 aliphatic heterocycles. The summed E-state index contributed by atoms with van der Waals surface area (Å²) in [5.74, 6) is 0.248. The van der Waals surface area contributed by atoms with E-state index < -0.39 is 5.91 Å². The van der Waals surface area contributed by atoms with Crippen molar-refractivity contribution < 1.29 is 9.59 Å². The molecule has 0 saturated heterocycles. The summed E-state index contributed by atoms with van der Waals surface area (Å²) in [4.78, 5) is 26.8. The van der Waals surface area contributed by atoms with Gasteiger partial charge in [0, 0.05) is 9.77 Å². The second kappa shape index (κ2) is 7.40. The van der Waals surface area contributed by atoms with Gasteiger partial charge in [-0.15, -0.1) is 23.1 Å². The SMILES string of the molecule is CCSc1ccccc1C(=O)Nc1sc2c(c1C(N)=O)CCCC2. The maximum Gasteiger partial charge on any atom is 0.257 e. The summed E-state index contributed by atoms with van der Waals surface area (Å²) in [6, 6.07) is 7.53. The third kappa shape index (κ3) is 3.35. The maximum atomic E-state index is 12.7. The number of fused-ring (bicyclic) bond motifs is 1. The van der Waals surface area contributed by atoms with E-state index in [0.29, 0.717) is 16.1 Å². The van der Waals surface area contributed by atoms with Crippen LogP contribution in [0.2, 0.25) is 0 Å². The van der Waals surface area contributed by atoms with Crippen molar-refractivity contribution >= 4 is 39.9 Å². The molecule has 0 bridgehead atoms. The van der Waals surface area contributed by atoms with Gasteiger partial charge in [0.15, 0.2) is 0 Å². The van der Waals surface area contributed by atoms with Gasteiger partial charge in [-0.1, -0.05) is 19.1 Å². The van der Waals surface area contributed by atoms with E-state index in [9.17, 15) is 9.59 Å². The van der Waals surface area contributed by atoms with Crippen molar-refractivity contribution in [3.05, 3.63) is 45.8 Å². The Hall–Kier alpha value is -1.79. The van der Waals surface area contributed by atoms with Crippen LogP contribution in [0, 0.1) is 0 Å². The molecule has 0 unspecified atom stereocenters. The molecule has 0 radical (unpaired) electrons. The summed E-state index contributed by atoms with van der Waals surface area (Å²) >= 11 is 3.12. The molecule has 24 heavy (non-hydrogen) atoms. The smallest absolute Gasteiger partial charge is 0.257 e. The lowest BCUT2D eigenvalue weighted by molar-refractivity contribution is 0.100. The third-order valence-corrected chi connectivity index (χ3v) is 6.24. The van der Waals surface area contributed by atoms with Gasteiger partial charge in [0.2, 0.25) is 0 Å². The topological polar surface area (TPSA) is 72.2 Å². The highest BCUT2D eigenvalue weighted by molar-refractivity contribution is 7.99. The Bertz CT molecular complexity index is 783. The predicted octanol–water partition coefficient (Wildman–Crippen LogP) is 4.09. The Morgan fingerprint density at radius 1 is 1.25 bits per heavy atom. The normalized spacial score (nSPS) is 13.4. The lowest BCUT2D eigenvalue weighted by atomic mass is 9.95. The summed E-state index contributed by atoms with van der Waals surface area (Å²) < 4.78 is 0. The number of primary amides is 1. The summed E-state index contributed by atoms with van der Waals surface area (Å²) in [5.41, 5.74) is 7.75. The van der Waals surface area contributed by atoms with Crippen molar-refractivity contribution in [2.45, 2.75) is 37.5 Å². The highest BCUT2D eigenvalue weighted by Gasteiger charge is 2.25. The number of rotatable bonds is 5. The molecule has 2 amide bonds. The van der Waals surface area contributed by atoms with E-state index in [-0.39, 0.29) is 5.91 Å². The number of aryl methyl sites for hydroxylation is 1. The van der Waals surface area contributed by atoms with Crippen molar-refractivity contribution in [2.75, 3.05) is 11.1 Å². The largest absolute Gasteiger partial charge is 0.365 e. The first kappa shape index (κ1) is 17.0. The first-order valence-electron chi connectivity index (χ1n) is 8.09. The van der Waals surface area contributed by atoms with Crippen molar-refractivity contribution in [1.29, 1.82) is 0 Å². The third-order valence-electron chi connectivity index (χ3n) is 4.08. The van der Waals surface area contributed by atoms with Crippen LogP contribution in [-0.4, -0.2) is 17.6 Å². The fraction of sp³-hybridized carbons (Fsp3) is 0.333. The second-order valence-corrected chi connectivity index (χ2v) is 8.07. The zero-order chi connectivity index (χ0) is 17.1. The molecule has 4 nitrogen and oxygen atoms in total. The number of nitrogens with two attached hydrogens (primary N) is 1. The van der Waals surface area contributed by atoms with Crippen LogP contribution in [0.15, 0.2) is 29.2 Å². The molecule has 2 aromatic rings. The van der Waals surface area contributed by atoms with Gasteiger partial charge >= 0.3 is 0 Å². The molecule has 0 fully saturated rings. The number of carbonyl (C=O) groups excluding carboxylic acids is 2. The standard InChI is InChI=1S/C18H20N2O2S2/c1-2-23-13-9-5-4-8-12(13)17(22)20-18-15(16(19)21)11-7-3-6-10-14(11)24-18/h4-5,8-9H,2-3,6-7,10H2,1H3,(H2,19,21)(H,20,22). The molecular formula is C18H20N2O2S2. The van der Waals surface area contributed by atoms with Gasteiger partial charge in [-0.3, -0.25) is 9.59 Å². The number of thiophene rings is 1. The van der Waals surface area contributed by atoms with E-state index in [0.717, 1.165) is 41.9 Å². The Kier molecular flexibility index (Phi) is 5.26. The molecule has 1 aliphatic carbocycles. The molecule has 3 rings (SSSR count). The number of thioether (sulfide) groups is 1. The zero-order valence-electron chi connectivity index (χ0n) is 13.6. The minimum Gasteiger partial charge on any atom is -0.365 e. The van der Waals surface area contributed by atoms with Gasteiger partial charge < -0.3 is 11.1 Å². The van der Waals surface area contributed by atoms with Crippen LogP contribution in [0.5, 0.6) is 0 Å². The molecule has 1 aromatic carbocycles. The van der Waals surface area contributed by atoms with E-state index in [2.05, 4.69) is 12.2 Å². The maximum absolute atomic E-state index is 12.7. The van der Waals surface area contributed by atoms with Crippen molar-refractivity contribution in [2.24, 2.45) is 5.73 Å². The molecular weight excluding hydrogens is 340 g/mol. The molecule has 6 heteroatoms. The fourth-order valence-electron chi connectivity index (χ4n) is 3.02. The summed E-state index contributed by atoms with van der Waals surface area (Å²) in [6.45, 7) is 2.05. The quantitative estimate of drug-likeness (QED) is 0.789. The van der Waals surface area contributed by atoms with Gasteiger partial charge in [0.25, 0.3) is 11.8 Å². The number of benzene rings is 1. The van der Waals surface area contributed by atoms with E-state index >= 15 is 0 Å². The fourth-order valence-corrected chi connectivity index (χ4v) is 5.11. The van der Waals surface area contributed by atoms with Crippen LogP contribution in [0.25, 0.3) is 0 Å². The van der Waals surface area contributed by atoms with Gasteiger partial charge in [-0.2, -0.15) is 0 Å². The highest BCUT2D eigenvalue weighted by Crippen LogP contribution is 2.38. The lowest BCUT2D eigenvalue weighted by Gasteiger charge is -2.11. The molecule has 0 saturated carbocycles. The average Bonchev–Trinajstić information content (AvgIpc) is 2.93. The second-order valence-electron chi connectivity index (χ2n) is 5.66. The van der Waals surface area contributed by atoms with Crippen LogP contribution in [0.3, 0.4) is 0 Å². The predicted molar refractivity (Wildman–Crippen MR) is 100 cm³/mol. The molecule has 1 aliphatic rings. The van der Waals surface area contributed by atoms with Gasteiger partial charge in [0.05, 0.1) is 11.1 Å². The number of amides is 2. The Morgan fingerprint density at radius 2 is 2.00 bits per heavy atom. The zero-order valence-corrected chi connectivity index (χ0v) is 15.2. The molecule has 0 atom stereocenters. The summed E-state index contributed by atoms with van der Waals surface area (Å²) in [7, 11) is 0. The minimum absolute atomic E-state index is 0.187. The number of hydrogen-bond acceptors (Lipinski definition) is 4. The number of nitrogens with one attached hydrogen (secondary N) is 1. The Morgan fingerprint density at radius 3 is 2.75 bits per heavy atom. The monoisotopic (exact) mass is 360 g/mol. The van der Waals surface area contributed by atoms with Gasteiger partial charge in [0.1, 0.15) is 5.00 Å². The van der Waals surface area contributed by atoms with Crippen LogP contribution in [0.4, 0.5) is 5.00 Å². The first-order chi connectivity index (χ1) is 11.6. The summed E-state index contributed by atoms with van der Waals surface area (Å²) in [5, 5.41) is 3.52. The van der Waals surface area contributed by atoms with Crippen LogP contribution >= 0.6 is 23.1 Å². The molecule has 3 N–H and O–H groups in total. The molecule has 1 aromatic heterocycles. The van der Waals surface area contributed by atoms with Crippen LogP contribution in [0.1, 0.15) is 50.9 Å². The van der Waals surface area contributed by atoms with Crippen LogP contribution in [-0.2, 0) is 12.8 Å². The van der Waals surface area contributed by atoms with E-state index in [4.69, 9.17) is 5.73 Å². The van der Waals surface area contributed by atoms with E-state index in [1.807, 2.05) is 24.3 Å². The average molecular weight is 361 g/mol. The molecule has 126 valence electrons.